The summed E-state index contributed by atoms with van der Waals surface area (Å²) in [5.41, 5.74) is 3.60. The zero-order valence-electron chi connectivity index (χ0n) is 18.0. The summed E-state index contributed by atoms with van der Waals surface area (Å²) in [6, 6.07) is 16.6. The van der Waals surface area contributed by atoms with Crippen LogP contribution in [0.1, 0.15) is 36.9 Å². The smallest absolute Gasteiger partial charge is 0.290 e. The molecule has 1 fully saturated rings. The normalized spacial score (nSPS) is 14.1. The van der Waals surface area contributed by atoms with Gasteiger partial charge in [0.15, 0.2) is 9.84 Å². The van der Waals surface area contributed by atoms with E-state index in [4.69, 9.17) is 4.74 Å². The van der Waals surface area contributed by atoms with E-state index in [2.05, 4.69) is 17.1 Å². The first kappa shape index (κ1) is 20.6. The number of H-pyrrole nitrogens is 1. The number of hydrogen-bond acceptors (Lipinski definition) is 4. The standard InChI is InChI=1S/C25H24N2O4S/c1-3-32(29,30)20-10-11-24(31-19-8-6-18(7-9-19)17-4-5-17)23(15-20)22-14-16(2)27(28)25-21(22)12-13-26-25/h6-15,17,26H,3-5H2,1-2H3. The number of benzene rings is 2. The van der Waals surface area contributed by atoms with Crippen LogP contribution in [0.3, 0.4) is 0 Å². The third-order valence-electron chi connectivity index (χ3n) is 6.03. The highest BCUT2D eigenvalue weighted by atomic mass is 32.2. The maximum absolute atomic E-state index is 12.6. The van der Waals surface area contributed by atoms with Gasteiger partial charge in [0.05, 0.1) is 22.2 Å². The molecule has 5 rings (SSSR count). The molecule has 0 amide bonds. The first-order valence-corrected chi connectivity index (χ1v) is 12.4. The van der Waals surface area contributed by atoms with Crippen molar-refractivity contribution in [3.8, 4) is 22.6 Å². The maximum Gasteiger partial charge on any atom is 0.290 e. The van der Waals surface area contributed by atoms with Crippen LogP contribution < -0.4 is 9.47 Å². The van der Waals surface area contributed by atoms with Gasteiger partial charge in [-0.1, -0.05) is 19.1 Å². The van der Waals surface area contributed by atoms with Gasteiger partial charge < -0.3 is 9.94 Å². The fourth-order valence-electron chi connectivity index (χ4n) is 4.01. The van der Waals surface area contributed by atoms with E-state index in [1.807, 2.05) is 18.2 Å². The Balaban J connectivity index is 1.66. The zero-order valence-corrected chi connectivity index (χ0v) is 18.8. The second kappa shape index (κ2) is 7.67. The highest BCUT2D eigenvalue weighted by Gasteiger charge is 2.24. The Kier molecular flexibility index (Phi) is 4.93. The van der Waals surface area contributed by atoms with Crippen molar-refractivity contribution < 1.29 is 17.9 Å². The average Bonchev–Trinajstić information content (AvgIpc) is 3.53. The van der Waals surface area contributed by atoms with Crippen molar-refractivity contribution in [3.05, 3.63) is 77.3 Å². The number of pyridine rings is 1. The fraction of sp³-hybridized carbons (Fsp3) is 0.240. The number of ether oxygens (including phenoxy) is 1. The quantitative estimate of drug-likeness (QED) is 0.323. The molecule has 0 saturated heterocycles. The fourth-order valence-corrected chi connectivity index (χ4v) is 4.92. The predicted molar refractivity (Wildman–Crippen MR) is 124 cm³/mol. The van der Waals surface area contributed by atoms with Crippen LogP contribution in [0.25, 0.3) is 22.2 Å². The highest BCUT2D eigenvalue weighted by Crippen LogP contribution is 2.42. The summed E-state index contributed by atoms with van der Waals surface area (Å²) in [7, 11) is -3.42. The van der Waals surface area contributed by atoms with Crippen LogP contribution in [-0.4, -0.2) is 19.2 Å². The van der Waals surface area contributed by atoms with E-state index in [9.17, 15) is 13.6 Å². The predicted octanol–water partition coefficient (Wildman–Crippen LogP) is 5.24. The molecule has 2 aromatic carbocycles. The number of sulfone groups is 1. The van der Waals surface area contributed by atoms with Gasteiger partial charge in [0.2, 0.25) is 0 Å². The molecule has 1 saturated carbocycles. The van der Waals surface area contributed by atoms with E-state index in [0.717, 1.165) is 10.3 Å². The minimum atomic E-state index is -3.42. The molecule has 0 spiro atoms. The van der Waals surface area contributed by atoms with Crippen LogP contribution in [0, 0.1) is 12.1 Å². The van der Waals surface area contributed by atoms with Crippen molar-refractivity contribution in [3.63, 3.8) is 0 Å². The van der Waals surface area contributed by atoms with E-state index in [1.165, 1.54) is 18.4 Å². The Bertz CT molecular complexity index is 1420. The van der Waals surface area contributed by atoms with Gasteiger partial charge >= 0.3 is 0 Å². The van der Waals surface area contributed by atoms with Crippen LogP contribution in [0.2, 0.25) is 0 Å². The molecule has 164 valence electrons. The summed E-state index contributed by atoms with van der Waals surface area (Å²) in [6.07, 6.45) is 4.17. The number of aromatic amines is 1. The summed E-state index contributed by atoms with van der Waals surface area (Å²) in [5.74, 6) is 1.87. The van der Waals surface area contributed by atoms with Crippen molar-refractivity contribution in [2.45, 2.75) is 37.5 Å². The Morgan fingerprint density at radius 1 is 1.06 bits per heavy atom. The van der Waals surface area contributed by atoms with Crippen LogP contribution >= 0.6 is 0 Å². The molecule has 1 aliphatic rings. The van der Waals surface area contributed by atoms with Gasteiger partial charge in [0, 0.05) is 11.1 Å². The summed E-state index contributed by atoms with van der Waals surface area (Å²) in [4.78, 5) is 3.21. The van der Waals surface area contributed by atoms with Gasteiger partial charge in [-0.25, -0.2) is 18.1 Å². The molecule has 4 aromatic rings. The molecule has 2 heterocycles. The van der Waals surface area contributed by atoms with Crippen molar-refractivity contribution >= 4 is 20.9 Å². The molecular formula is C25H24N2O4S. The largest absolute Gasteiger partial charge is 0.710 e. The second-order valence-corrected chi connectivity index (χ2v) is 10.5. The maximum atomic E-state index is 12.6. The topological polar surface area (TPSA) is 86.1 Å². The number of hydrogen-bond donors (Lipinski definition) is 1. The molecule has 0 unspecified atom stereocenters. The van der Waals surface area contributed by atoms with E-state index in [-0.39, 0.29) is 10.6 Å². The molecule has 1 N–H and O–H groups in total. The van der Waals surface area contributed by atoms with E-state index < -0.39 is 9.84 Å². The summed E-state index contributed by atoms with van der Waals surface area (Å²) >= 11 is 0. The molecule has 0 radical (unpaired) electrons. The lowest BCUT2D eigenvalue weighted by Gasteiger charge is -2.16. The molecular weight excluding hydrogens is 424 g/mol. The van der Waals surface area contributed by atoms with Gasteiger partial charge in [-0.3, -0.25) is 0 Å². The van der Waals surface area contributed by atoms with E-state index in [1.54, 1.807) is 44.3 Å². The second-order valence-electron chi connectivity index (χ2n) is 8.24. The Morgan fingerprint density at radius 2 is 1.81 bits per heavy atom. The molecule has 0 atom stereocenters. The molecule has 6 nitrogen and oxygen atoms in total. The molecule has 0 aliphatic heterocycles. The third kappa shape index (κ3) is 3.62. The Morgan fingerprint density at radius 3 is 2.50 bits per heavy atom. The highest BCUT2D eigenvalue weighted by molar-refractivity contribution is 7.91. The van der Waals surface area contributed by atoms with Crippen molar-refractivity contribution in [1.29, 1.82) is 0 Å². The molecule has 32 heavy (non-hydrogen) atoms. The lowest BCUT2D eigenvalue weighted by molar-refractivity contribution is -0.586. The van der Waals surface area contributed by atoms with Crippen molar-refractivity contribution in [1.82, 2.24) is 4.98 Å². The molecule has 7 heteroatoms. The molecule has 2 aromatic heterocycles. The number of aromatic nitrogens is 2. The van der Waals surface area contributed by atoms with Crippen LogP contribution in [-0.2, 0) is 9.84 Å². The Hall–Kier alpha value is -3.32. The van der Waals surface area contributed by atoms with Gasteiger partial charge in [0.25, 0.3) is 5.65 Å². The average molecular weight is 449 g/mol. The lowest BCUT2D eigenvalue weighted by atomic mass is 10.0. The van der Waals surface area contributed by atoms with E-state index >= 15 is 0 Å². The van der Waals surface area contributed by atoms with Gasteiger partial charge in [-0.15, -0.1) is 0 Å². The monoisotopic (exact) mass is 448 g/mol. The zero-order chi connectivity index (χ0) is 22.5. The van der Waals surface area contributed by atoms with Crippen LogP contribution in [0.4, 0.5) is 0 Å². The summed E-state index contributed by atoms with van der Waals surface area (Å²) < 4.78 is 32.3. The van der Waals surface area contributed by atoms with E-state index in [0.29, 0.717) is 39.7 Å². The van der Waals surface area contributed by atoms with Gasteiger partial charge in [-0.2, -0.15) is 0 Å². The van der Waals surface area contributed by atoms with Crippen LogP contribution in [0.15, 0.2) is 65.7 Å². The summed E-state index contributed by atoms with van der Waals surface area (Å²) in [6.45, 7) is 3.35. The van der Waals surface area contributed by atoms with Crippen LogP contribution in [0.5, 0.6) is 11.5 Å². The number of fused-ring (bicyclic) bond motifs is 1. The lowest BCUT2D eigenvalue weighted by Crippen LogP contribution is -2.31. The summed E-state index contributed by atoms with van der Waals surface area (Å²) in [5, 5.41) is 13.2. The van der Waals surface area contributed by atoms with Crippen molar-refractivity contribution in [2.24, 2.45) is 0 Å². The minimum Gasteiger partial charge on any atom is -0.710 e. The minimum absolute atomic E-state index is 0.00319. The number of rotatable bonds is 6. The number of nitrogens with zero attached hydrogens (tertiary/aromatic N) is 1. The molecule has 1 aliphatic carbocycles. The first-order valence-electron chi connectivity index (χ1n) is 10.7. The molecule has 0 bridgehead atoms. The number of aryl methyl sites for hydroxylation is 1. The van der Waals surface area contributed by atoms with Gasteiger partial charge in [-0.05, 0) is 73.7 Å². The van der Waals surface area contributed by atoms with Gasteiger partial charge in [0.1, 0.15) is 17.2 Å². The number of nitrogens with one attached hydrogen (secondary N) is 1. The first-order chi connectivity index (χ1) is 15.4. The third-order valence-corrected chi connectivity index (χ3v) is 7.76. The Labute approximate surface area is 187 Å². The SMILES string of the molecule is CCS(=O)(=O)c1ccc(Oc2ccc(C3CC3)cc2)c(-c2cc(C)[n+]([O-])c3[nH]ccc23)c1. The van der Waals surface area contributed by atoms with Crippen molar-refractivity contribution in [2.75, 3.05) is 5.75 Å².